The van der Waals surface area contributed by atoms with Crippen molar-refractivity contribution >= 4 is 16.9 Å². The maximum Gasteiger partial charge on any atom is 0.262 e. The minimum atomic E-state index is -0.186. The highest BCUT2D eigenvalue weighted by Gasteiger charge is 2.24. The molecule has 1 aliphatic carbocycles. The highest BCUT2D eigenvalue weighted by molar-refractivity contribution is 6.07. The molecule has 0 radical (unpaired) electrons. The Morgan fingerprint density at radius 1 is 1.36 bits per heavy atom. The number of hydrogen-bond donors (Lipinski definition) is 1. The molecule has 0 saturated heterocycles. The Morgan fingerprint density at radius 3 is 2.77 bits per heavy atom. The van der Waals surface area contributed by atoms with Crippen LogP contribution in [0.1, 0.15) is 55.1 Å². The van der Waals surface area contributed by atoms with E-state index in [0.717, 1.165) is 25.7 Å². The first-order valence-electron chi connectivity index (χ1n) is 8.05. The molecule has 3 rings (SSSR count). The Labute approximate surface area is 129 Å². The van der Waals surface area contributed by atoms with Crippen LogP contribution in [0.5, 0.6) is 0 Å². The first-order chi connectivity index (χ1) is 10.6. The lowest BCUT2D eigenvalue weighted by atomic mass is 9.95. The average molecular weight is 302 g/mol. The van der Waals surface area contributed by atoms with Crippen LogP contribution in [-0.4, -0.2) is 16.5 Å². The number of carbonyl (C=O) groups excluding carboxylic acids is 1. The van der Waals surface area contributed by atoms with E-state index in [4.69, 9.17) is 4.42 Å². The summed E-state index contributed by atoms with van der Waals surface area (Å²) in [6.07, 6.45) is 7.27. The summed E-state index contributed by atoms with van der Waals surface area (Å²) in [5.74, 6) is 0.323. The van der Waals surface area contributed by atoms with Crippen molar-refractivity contribution < 1.29 is 9.21 Å². The Balaban J connectivity index is 2.00. The topological polar surface area (TPSA) is 64.2 Å². The van der Waals surface area contributed by atoms with Gasteiger partial charge < -0.3 is 14.3 Å². The van der Waals surface area contributed by atoms with Gasteiger partial charge in [0.2, 0.25) is 0 Å². The summed E-state index contributed by atoms with van der Waals surface area (Å²) in [5.41, 5.74) is 0.722. The maximum absolute atomic E-state index is 12.6. The van der Waals surface area contributed by atoms with Gasteiger partial charge in [-0.1, -0.05) is 19.3 Å². The number of rotatable bonds is 3. The maximum atomic E-state index is 12.6. The zero-order valence-corrected chi connectivity index (χ0v) is 13.1. The fourth-order valence-electron chi connectivity index (χ4n) is 3.29. The van der Waals surface area contributed by atoms with Crippen LogP contribution in [0, 0.1) is 6.92 Å². The van der Waals surface area contributed by atoms with E-state index in [9.17, 15) is 9.59 Å². The molecule has 5 nitrogen and oxygen atoms in total. The predicted molar refractivity (Wildman–Crippen MR) is 85.2 cm³/mol. The Hall–Kier alpha value is -2.04. The minimum Gasteiger partial charge on any atom is -0.460 e. The van der Waals surface area contributed by atoms with Crippen molar-refractivity contribution in [3.63, 3.8) is 0 Å². The number of aryl methyl sites for hydroxylation is 2. The van der Waals surface area contributed by atoms with Crippen LogP contribution in [-0.2, 0) is 6.54 Å². The third-order valence-electron chi connectivity index (χ3n) is 4.50. The van der Waals surface area contributed by atoms with Crippen LogP contribution in [0.25, 0.3) is 11.0 Å². The minimum absolute atomic E-state index is 0.161. The van der Waals surface area contributed by atoms with Crippen LogP contribution in [0.3, 0.4) is 0 Å². The number of hydrogen-bond acceptors (Lipinski definition) is 3. The smallest absolute Gasteiger partial charge is 0.262 e. The summed E-state index contributed by atoms with van der Waals surface area (Å²) in [7, 11) is 0. The monoisotopic (exact) mass is 302 g/mol. The zero-order valence-electron chi connectivity index (χ0n) is 13.1. The van der Waals surface area contributed by atoms with Gasteiger partial charge in [0.05, 0.1) is 10.9 Å². The SMILES string of the molecule is CCn1ccc2oc(C)c(C(=O)NC3CCCCC3)c2c1=O. The summed E-state index contributed by atoms with van der Waals surface area (Å²) in [5, 5.41) is 3.47. The second kappa shape index (κ2) is 5.99. The molecule has 2 heterocycles. The largest absolute Gasteiger partial charge is 0.460 e. The van der Waals surface area contributed by atoms with Gasteiger partial charge in [-0.25, -0.2) is 0 Å². The van der Waals surface area contributed by atoms with Crippen molar-refractivity contribution in [1.29, 1.82) is 0 Å². The molecule has 1 saturated carbocycles. The van der Waals surface area contributed by atoms with E-state index in [1.807, 2.05) is 6.92 Å². The van der Waals surface area contributed by atoms with Crippen molar-refractivity contribution in [2.45, 2.75) is 58.5 Å². The molecule has 1 amide bonds. The van der Waals surface area contributed by atoms with Crippen LogP contribution >= 0.6 is 0 Å². The summed E-state index contributed by atoms with van der Waals surface area (Å²) < 4.78 is 7.21. The number of nitrogens with one attached hydrogen (secondary N) is 1. The highest BCUT2D eigenvalue weighted by atomic mass is 16.3. The van der Waals surface area contributed by atoms with Gasteiger partial charge in [0, 0.05) is 18.8 Å². The molecule has 0 aromatic carbocycles. The lowest BCUT2D eigenvalue weighted by molar-refractivity contribution is 0.0927. The van der Waals surface area contributed by atoms with Crippen LogP contribution < -0.4 is 10.9 Å². The van der Waals surface area contributed by atoms with Crippen molar-refractivity contribution in [2.24, 2.45) is 0 Å². The quantitative estimate of drug-likeness (QED) is 0.948. The standard InChI is InChI=1S/C17H22N2O3/c1-3-19-10-9-13-15(17(19)21)14(11(2)22-13)16(20)18-12-7-5-4-6-8-12/h9-10,12H,3-8H2,1-2H3,(H,18,20). The highest BCUT2D eigenvalue weighted by Crippen LogP contribution is 2.24. The molecule has 0 aliphatic heterocycles. The molecule has 118 valence electrons. The Kier molecular flexibility index (Phi) is 4.05. The molecule has 0 atom stereocenters. The lowest BCUT2D eigenvalue weighted by Gasteiger charge is -2.22. The summed E-state index contributed by atoms with van der Waals surface area (Å²) >= 11 is 0. The molecule has 22 heavy (non-hydrogen) atoms. The van der Waals surface area contributed by atoms with Gasteiger partial charge in [-0.2, -0.15) is 0 Å². The number of nitrogens with zero attached hydrogens (tertiary/aromatic N) is 1. The summed E-state index contributed by atoms with van der Waals surface area (Å²) in [6, 6.07) is 1.97. The molecule has 2 aromatic rings. The van der Waals surface area contributed by atoms with Crippen LogP contribution in [0.4, 0.5) is 0 Å². The van der Waals surface area contributed by atoms with E-state index in [2.05, 4.69) is 5.32 Å². The number of furan rings is 1. The van der Waals surface area contributed by atoms with E-state index in [1.165, 1.54) is 6.42 Å². The molecule has 1 fully saturated rings. The van der Waals surface area contributed by atoms with Gasteiger partial charge in [-0.15, -0.1) is 0 Å². The third-order valence-corrected chi connectivity index (χ3v) is 4.50. The third kappa shape index (κ3) is 2.56. The normalized spacial score (nSPS) is 16.1. The average Bonchev–Trinajstić information content (AvgIpc) is 2.86. The fourth-order valence-corrected chi connectivity index (χ4v) is 3.29. The van der Waals surface area contributed by atoms with Gasteiger partial charge >= 0.3 is 0 Å². The summed E-state index contributed by atoms with van der Waals surface area (Å²) in [4.78, 5) is 25.2. The van der Waals surface area contributed by atoms with Crippen molar-refractivity contribution in [2.75, 3.05) is 0 Å². The van der Waals surface area contributed by atoms with E-state index < -0.39 is 0 Å². The Morgan fingerprint density at radius 2 is 2.09 bits per heavy atom. The van der Waals surface area contributed by atoms with Crippen LogP contribution in [0.15, 0.2) is 21.5 Å². The van der Waals surface area contributed by atoms with Crippen LogP contribution in [0.2, 0.25) is 0 Å². The number of fused-ring (bicyclic) bond motifs is 1. The van der Waals surface area contributed by atoms with E-state index in [0.29, 0.717) is 28.8 Å². The Bertz CT molecular complexity index is 751. The van der Waals surface area contributed by atoms with Crippen molar-refractivity contribution in [1.82, 2.24) is 9.88 Å². The fraction of sp³-hybridized carbons (Fsp3) is 0.529. The van der Waals surface area contributed by atoms with Gasteiger partial charge in [0.1, 0.15) is 11.3 Å². The second-order valence-electron chi connectivity index (χ2n) is 5.99. The molecule has 2 aromatic heterocycles. The molecule has 1 aliphatic rings. The first-order valence-corrected chi connectivity index (χ1v) is 8.05. The molecule has 5 heteroatoms. The van der Waals surface area contributed by atoms with Gasteiger partial charge in [0.25, 0.3) is 11.5 Å². The number of pyridine rings is 1. The zero-order chi connectivity index (χ0) is 15.7. The molecule has 0 unspecified atom stereocenters. The number of amides is 1. The van der Waals surface area contributed by atoms with Gasteiger partial charge in [-0.05, 0) is 32.8 Å². The molecular weight excluding hydrogens is 280 g/mol. The number of carbonyl (C=O) groups is 1. The van der Waals surface area contributed by atoms with Gasteiger partial charge in [0.15, 0.2) is 0 Å². The van der Waals surface area contributed by atoms with Gasteiger partial charge in [-0.3, -0.25) is 9.59 Å². The van der Waals surface area contributed by atoms with Crippen molar-refractivity contribution in [3.8, 4) is 0 Å². The summed E-state index contributed by atoms with van der Waals surface area (Å²) in [6.45, 7) is 4.22. The van der Waals surface area contributed by atoms with E-state index >= 15 is 0 Å². The predicted octanol–water partition coefficient (Wildman–Crippen LogP) is 2.99. The molecular formula is C17H22N2O3. The van der Waals surface area contributed by atoms with E-state index in [-0.39, 0.29) is 17.5 Å². The lowest BCUT2D eigenvalue weighted by Crippen LogP contribution is -2.36. The van der Waals surface area contributed by atoms with E-state index in [1.54, 1.807) is 23.8 Å². The molecule has 0 bridgehead atoms. The molecule has 0 spiro atoms. The first kappa shape index (κ1) is 14.9. The number of aromatic nitrogens is 1. The molecule has 1 N–H and O–H groups in total. The van der Waals surface area contributed by atoms with Crippen molar-refractivity contribution in [3.05, 3.63) is 33.9 Å². The second-order valence-corrected chi connectivity index (χ2v) is 5.99.